The third-order valence-corrected chi connectivity index (χ3v) is 17.0. The van der Waals surface area contributed by atoms with E-state index in [2.05, 4.69) is 45.6 Å². The molecule has 1 unspecified atom stereocenters. The lowest BCUT2D eigenvalue weighted by atomic mass is 10.1. The normalized spacial score (nSPS) is 11.4. The number of ether oxygens (including phenoxy) is 5. The Labute approximate surface area is 734 Å². The number of aliphatic hydroxyl groups excluding tert-OH is 1. The largest absolute Gasteiger partial charge is 0.504 e. The fraction of sp³-hybridized carbons (Fsp3) is 0.264. The molecule has 4 aromatic carbocycles. The number of aromatic nitrogens is 9. The van der Waals surface area contributed by atoms with E-state index < -0.39 is 105 Å². The van der Waals surface area contributed by atoms with Gasteiger partial charge in [-0.05, 0) is 186 Å². The summed E-state index contributed by atoms with van der Waals surface area (Å²) in [5, 5.41) is 30.2. The number of amides is 2. The standard InChI is InChI=1S/C24H17F2N5O3.C16H18N4O3.C15H13F2NO3.C13H9F2NO3.C11H16O5.C7H7F2N.C4H10O.CH4/c25-15-9-14(10-16(26)11-15)13-31-8-2-4-19(24(31)33)22(32)28-12-21-29-23(34-30-21)18-5-6-20-17(18)3-1-7-27-20;1-16(2,3)22-15(21)18-9-13-19-14(23-20-13)11-6-7-12-10(11)5-4-8-17-12;1-2-21-15(20)13-4-3-5-18(14(13)19)9-10-6-11(16)8-12(17)7-10;14-9-4-8(5-10(15)6-9)7-16-3-1-2-11(12(16)17)13(18)19;1-4-15-10(12)9(7-6-8-14-3)11(13)16-5-2;8-6-1-5(4-10)2-7(9)3-6;1-3-4(2)5;/h1-5,7-11H,6,12-13H2,(H,28,32);4-6,8H,7,9H2,1-3H3,(H,18,21);3-8H,2,9H2,1H3;1-6H,7H2,(H,18,19);6-8H,4-5H2,1-3H3;1-3H,4,10H2;4-5H,3H2,1-2H3;1H4/b;;;;8-6+;;;. The fourth-order valence-electron chi connectivity index (χ4n) is 11.3. The molecule has 0 saturated heterocycles. The van der Waals surface area contributed by atoms with Gasteiger partial charge in [0.2, 0.25) is 0 Å². The van der Waals surface area contributed by atoms with Crippen LogP contribution in [-0.4, -0.2) is 129 Å². The smallest absolute Gasteiger partial charge is 0.408 e. The number of methoxy groups -OCH3 is 1. The zero-order chi connectivity index (χ0) is 93.7. The summed E-state index contributed by atoms with van der Waals surface area (Å²) in [6.45, 7) is 14.7. The van der Waals surface area contributed by atoms with Crippen LogP contribution >= 0.6 is 0 Å². The van der Waals surface area contributed by atoms with Gasteiger partial charge in [0.1, 0.15) is 74.4 Å². The number of halogens is 8. The molecule has 0 aliphatic heterocycles. The van der Waals surface area contributed by atoms with Crippen LogP contribution in [0.3, 0.4) is 0 Å². The second-order valence-electron chi connectivity index (χ2n) is 28.0. The summed E-state index contributed by atoms with van der Waals surface area (Å²) in [4.78, 5) is 123. The Kier molecular flexibility index (Phi) is 40.5. The Morgan fingerprint density at radius 1 is 0.543 bits per heavy atom. The Bertz CT molecular complexity index is 5920. The second-order valence-corrected chi connectivity index (χ2v) is 28.0. The predicted octanol–water partition coefficient (Wildman–Crippen LogP) is 13.6. The number of benzene rings is 4. The Hall–Kier alpha value is -15.0. The van der Waals surface area contributed by atoms with E-state index in [1.807, 2.05) is 43.3 Å². The molecule has 682 valence electrons. The van der Waals surface area contributed by atoms with Gasteiger partial charge < -0.3 is 73.0 Å². The van der Waals surface area contributed by atoms with Crippen molar-refractivity contribution in [3.63, 3.8) is 0 Å². The lowest BCUT2D eigenvalue weighted by molar-refractivity contribution is -0.146. The van der Waals surface area contributed by atoms with Crippen molar-refractivity contribution >= 4 is 47.0 Å². The Morgan fingerprint density at radius 3 is 1.29 bits per heavy atom. The van der Waals surface area contributed by atoms with Crippen LogP contribution in [0.5, 0.6) is 0 Å². The van der Waals surface area contributed by atoms with Gasteiger partial charge in [0.25, 0.3) is 34.4 Å². The summed E-state index contributed by atoms with van der Waals surface area (Å²) in [5.41, 5.74) is 8.70. The minimum Gasteiger partial charge on any atom is -0.504 e. The number of aromatic carboxylic acids is 1. The average Bonchev–Trinajstić information content (AvgIpc) is 1.69. The number of esters is 3. The summed E-state index contributed by atoms with van der Waals surface area (Å²) in [6.07, 6.45) is 17.4. The maximum atomic E-state index is 13.5. The van der Waals surface area contributed by atoms with Crippen molar-refractivity contribution in [2.45, 2.75) is 133 Å². The number of nitrogens with zero attached hydrogens (tertiary/aromatic N) is 9. The number of fused-ring (bicyclic) bond motifs is 2. The number of nitrogens with two attached hydrogens (primary N) is 1. The quantitative estimate of drug-likeness (QED) is 0.00548. The number of carbonyl (C=O) groups is 6. The molecule has 2 amide bonds. The molecule has 13 rings (SSSR count). The molecule has 0 spiro atoms. The van der Waals surface area contributed by atoms with E-state index in [1.165, 1.54) is 102 Å². The highest BCUT2D eigenvalue weighted by atomic mass is 19.2. The SMILES string of the molecule is C.CC(C)(C)OC(=O)NCc1noc(C2=CCc3ncccc32)n1.CCC(C)O.CCOC(=O)C(=C/C=C/OC)C(=O)OCC.CCOC(=O)c1cccn(Cc2cc(F)cc(F)c2)c1=O.NCc1cc(F)cc(F)c1.O=C(NCc1noc(C2=CCc3ncccc32)n1)c1cccn(Cc2cc(F)cc(F)c2)c1=O.O=C(O)c1cccn(Cc2cc(F)cc(F)c2)c1=O. The van der Waals surface area contributed by atoms with Crippen molar-refractivity contribution in [2.75, 3.05) is 26.9 Å². The van der Waals surface area contributed by atoms with E-state index in [4.69, 9.17) is 43.9 Å². The summed E-state index contributed by atoms with van der Waals surface area (Å²) in [5.74, 6) is -8.33. The van der Waals surface area contributed by atoms with Crippen LogP contribution in [0, 0.1) is 46.5 Å². The first-order valence-corrected chi connectivity index (χ1v) is 39.1. The molecule has 2 aliphatic rings. The zero-order valence-corrected chi connectivity index (χ0v) is 70.6. The molecule has 0 saturated carbocycles. The van der Waals surface area contributed by atoms with Crippen molar-refractivity contribution < 1.29 is 107 Å². The first kappa shape index (κ1) is 103. The monoisotopic (exact) mass is 1790 g/mol. The molecule has 129 heavy (non-hydrogen) atoms. The lowest BCUT2D eigenvalue weighted by Crippen LogP contribution is -2.32. The molecule has 30 nitrogen and oxygen atoms in total. The van der Waals surface area contributed by atoms with Crippen LogP contribution in [0.1, 0.15) is 169 Å². The molecule has 0 fully saturated rings. The van der Waals surface area contributed by atoms with Crippen molar-refractivity contribution in [2.24, 2.45) is 5.73 Å². The third kappa shape index (κ3) is 32.8. The van der Waals surface area contributed by atoms with Crippen LogP contribution in [0.2, 0.25) is 0 Å². The molecule has 6 N–H and O–H groups in total. The maximum Gasteiger partial charge on any atom is 0.408 e. The Morgan fingerprint density at radius 2 is 0.915 bits per heavy atom. The molecule has 0 bridgehead atoms. The van der Waals surface area contributed by atoms with Crippen LogP contribution in [0.25, 0.3) is 11.1 Å². The fourth-order valence-corrected chi connectivity index (χ4v) is 11.3. The van der Waals surface area contributed by atoms with E-state index in [0.717, 1.165) is 112 Å². The van der Waals surface area contributed by atoms with Gasteiger partial charge in [-0.3, -0.25) is 29.1 Å². The van der Waals surface area contributed by atoms with Crippen molar-refractivity contribution in [3.05, 3.63) is 363 Å². The summed E-state index contributed by atoms with van der Waals surface area (Å²) >= 11 is 0. The number of aliphatic hydroxyl groups is 1. The number of hydrogen-bond donors (Lipinski definition) is 5. The van der Waals surface area contributed by atoms with Crippen LogP contribution < -0.4 is 33.0 Å². The number of hydrogen-bond acceptors (Lipinski definition) is 24. The van der Waals surface area contributed by atoms with Crippen LogP contribution in [0.15, 0.2) is 224 Å². The third-order valence-electron chi connectivity index (χ3n) is 17.0. The molecule has 7 heterocycles. The summed E-state index contributed by atoms with van der Waals surface area (Å²) in [7, 11) is 1.46. The van der Waals surface area contributed by atoms with Gasteiger partial charge in [-0.15, -0.1) is 0 Å². The molecule has 2 aliphatic carbocycles. The number of carboxylic acid groups (broad SMARTS) is 1. The number of carboxylic acids is 1. The van der Waals surface area contributed by atoms with E-state index in [0.29, 0.717) is 29.6 Å². The molecule has 1 atom stereocenters. The van der Waals surface area contributed by atoms with Crippen LogP contribution in [0.4, 0.5) is 39.9 Å². The van der Waals surface area contributed by atoms with Gasteiger partial charge in [0, 0.05) is 96.9 Å². The molecule has 0 radical (unpaired) electrons. The molecular formula is C91H94F8N12O18. The number of allylic oxidation sites excluding steroid dienone is 4. The van der Waals surface area contributed by atoms with E-state index >= 15 is 0 Å². The van der Waals surface area contributed by atoms with Gasteiger partial charge in [0.05, 0.1) is 83.4 Å². The first-order valence-electron chi connectivity index (χ1n) is 39.1. The molecule has 11 aromatic rings. The second kappa shape index (κ2) is 50.9. The lowest BCUT2D eigenvalue weighted by Gasteiger charge is -2.19. The van der Waals surface area contributed by atoms with E-state index in [-0.39, 0.29) is 117 Å². The van der Waals surface area contributed by atoms with Gasteiger partial charge in [-0.2, -0.15) is 9.97 Å². The summed E-state index contributed by atoms with van der Waals surface area (Å²) in [6, 6.07) is 28.1. The topological polar surface area (TPSA) is 409 Å². The highest BCUT2D eigenvalue weighted by Gasteiger charge is 2.26. The highest BCUT2D eigenvalue weighted by molar-refractivity contribution is 6.14. The number of carbonyl (C=O) groups excluding carboxylic acids is 5. The maximum absolute atomic E-state index is 13.5. The van der Waals surface area contributed by atoms with Gasteiger partial charge in [-0.25, -0.2) is 59.1 Å². The minimum atomic E-state index is -1.34. The zero-order valence-electron chi connectivity index (χ0n) is 70.6. The van der Waals surface area contributed by atoms with E-state index in [1.54, 1.807) is 60.9 Å². The number of pyridine rings is 5. The minimum absolute atomic E-state index is 0. The van der Waals surface area contributed by atoms with Gasteiger partial charge in [-0.1, -0.05) is 48.9 Å². The number of rotatable bonds is 24. The number of alkyl carbamates (subject to hydrolysis) is 1. The van der Waals surface area contributed by atoms with E-state index in [9.17, 15) is 78.3 Å². The van der Waals surface area contributed by atoms with Crippen molar-refractivity contribution in [3.8, 4) is 0 Å². The van der Waals surface area contributed by atoms with Crippen LogP contribution in [-0.2, 0) is 85.4 Å². The van der Waals surface area contributed by atoms with Gasteiger partial charge >= 0.3 is 30.0 Å². The molecular weight excluding hydrogens is 1700 g/mol. The molecule has 38 heteroatoms. The van der Waals surface area contributed by atoms with Gasteiger partial charge in [0.15, 0.2) is 11.6 Å². The predicted molar refractivity (Wildman–Crippen MR) is 455 cm³/mol. The first-order chi connectivity index (χ1) is 61.0. The van der Waals surface area contributed by atoms with Crippen molar-refractivity contribution in [1.82, 2.24) is 54.6 Å². The Balaban J connectivity index is 0.000000243. The average molecular weight is 1800 g/mol. The molecule has 7 aromatic heterocycles. The number of nitrogens with one attached hydrogen (secondary N) is 2. The van der Waals surface area contributed by atoms with Crippen molar-refractivity contribution in [1.29, 1.82) is 0 Å². The summed E-state index contributed by atoms with van der Waals surface area (Å²) < 4.78 is 142. The highest BCUT2D eigenvalue weighted by Crippen LogP contribution is 2.32.